The smallest absolute Gasteiger partial charge is 0.238 e. The van der Waals surface area contributed by atoms with E-state index in [1.165, 1.54) is 0 Å². The van der Waals surface area contributed by atoms with Gasteiger partial charge in [0.05, 0.1) is 48.2 Å². The van der Waals surface area contributed by atoms with Crippen molar-refractivity contribution in [3.63, 3.8) is 0 Å². The van der Waals surface area contributed by atoms with Crippen LogP contribution >= 0.6 is 0 Å². The third-order valence-electron chi connectivity index (χ3n) is 5.67. The van der Waals surface area contributed by atoms with Gasteiger partial charge in [0.1, 0.15) is 5.82 Å². The number of hydrogen-bond donors (Lipinski definition) is 0. The Labute approximate surface area is 237 Å². The van der Waals surface area contributed by atoms with Crippen LogP contribution in [0.4, 0.5) is 49.6 Å². The molecule has 0 unspecified atom stereocenters. The van der Waals surface area contributed by atoms with E-state index in [0.29, 0.717) is 18.2 Å². The predicted octanol–water partition coefficient (Wildman–Crippen LogP) is 8.36. The first-order valence-corrected chi connectivity index (χ1v) is 11.5. The average Bonchev–Trinajstić information content (AvgIpc) is 2.92. The molecule has 13 heteroatoms. The molecule has 3 aromatic rings. The summed E-state index contributed by atoms with van der Waals surface area (Å²) < 4.78 is 135. The second kappa shape index (κ2) is 12.2. The zero-order valence-electron chi connectivity index (χ0n) is 21.1. The number of nitriles is 2. The van der Waals surface area contributed by atoms with Gasteiger partial charge in [0, 0.05) is 33.4 Å². The van der Waals surface area contributed by atoms with E-state index in [4.69, 9.17) is 17.1 Å². The quantitative estimate of drug-likeness (QED) is 0.168. The molecule has 3 rings (SSSR count). The van der Waals surface area contributed by atoms with Gasteiger partial charge in [-0.25, -0.2) is 9.24 Å². The molecular weight excluding hydrogens is 592 g/mol. The standard InChI is InChI=1S/C30H11F10N3/c1-43-26-7-4-17(14-25(26)30(38,39)40)2-5-19-15-20(24(9-11-42)27(31)23(19)8-10-41)6-3-18-12-21(28(32,33)34)16-22(13-18)29(35,36)37/h4,7,12-16H,8-9H2. The third-order valence-corrected chi connectivity index (χ3v) is 5.67. The summed E-state index contributed by atoms with van der Waals surface area (Å²) >= 11 is 0. The van der Waals surface area contributed by atoms with Crippen molar-refractivity contribution < 1.29 is 43.9 Å². The lowest BCUT2D eigenvalue weighted by molar-refractivity contribution is -0.143. The molecule has 216 valence electrons. The molecule has 0 heterocycles. The number of alkyl halides is 9. The Morgan fingerprint density at radius 3 is 1.53 bits per heavy atom. The maximum Gasteiger partial charge on any atom is 0.416 e. The van der Waals surface area contributed by atoms with Crippen LogP contribution in [-0.4, -0.2) is 0 Å². The van der Waals surface area contributed by atoms with E-state index >= 15 is 4.39 Å². The Balaban J connectivity index is 2.25. The fraction of sp³-hybridized carbons (Fsp3) is 0.167. The Bertz CT molecular complexity index is 1810. The molecule has 0 saturated carbocycles. The van der Waals surface area contributed by atoms with Crippen LogP contribution in [-0.2, 0) is 31.4 Å². The molecule has 0 aliphatic carbocycles. The highest BCUT2D eigenvalue weighted by molar-refractivity contribution is 5.60. The Morgan fingerprint density at radius 1 is 0.628 bits per heavy atom. The number of halogens is 10. The van der Waals surface area contributed by atoms with Crippen LogP contribution < -0.4 is 0 Å². The zero-order valence-corrected chi connectivity index (χ0v) is 21.1. The molecule has 0 bridgehead atoms. The van der Waals surface area contributed by atoms with Crippen LogP contribution in [0, 0.1) is 58.7 Å². The molecule has 0 amide bonds. The summed E-state index contributed by atoms with van der Waals surface area (Å²) in [6.07, 6.45) is -16.5. The van der Waals surface area contributed by atoms with Gasteiger partial charge in [-0.1, -0.05) is 35.8 Å². The normalized spacial score (nSPS) is 11.2. The van der Waals surface area contributed by atoms with E-state index in [0.717, 1.165) is 18.2 Å². The molecule has 0 spiro atoms. The van der Waals surface area contributed by atoms with Crippen molar-refractivity contribution in [2.45, 2.75) is 31.4 Å². The summed E-state index contributed by atoms with van der Waals surface area (Å²) in [6, 6.07) is 7.47. The second-order valence-corrected chi connectivity index (χ2v) is 8.55. The van der Waals surface area contributed by atoms with Crippen molar-refractivity contribution in [3.8, 4) is 35.8 Å². The van der Waals surface area contributed by atoms with Crippen molar-refractivity contribution in [3.05, 3.63) is 110 Å². The molecular formula is C30H11F10N3. The van der Waals surface area contributed by atoms with Crippen LogP contribution in [0.1, 0.15) is 50.1 Å². The Morgan fingerprint density at radius 2 is 1.12 bits per heavy atom. The van der Waals surface area contributed by atoms with Crippen LogP contribution in [0.2, 0.25) is 0 Å². The van der Waals surface area contributed by atoms with Gasteiger partial charge < -0.3 is 0 Å². The van der Waals surface area contributed by atoms with Crippen molar-refractivity contribution in [2.24, 2.45) is 0 Å². The molecule has 0 radical (unpaired) electrons. The largest absolute Gasteiger partial charge is 0.416 e. The van der Waals surface area contributed by atoms with E-state index in [9.17, 15) is 39.5 Å². The first-order valence-electron chi connectivity index (χ1n) is 11.5. The maximum atomic E-state index is 15.5. The molecule has 3 aromatic carbocycles. The minimum absolute atomic E-state index is 0.106. The molecule has 0 aromatic heterocycles. The van der Waals surface area contributed by atoms with Crippen molar-refractivity contribution >= 4 is 5.69 Å². The van der Waals surface area contributed by atoms with Crippen molar-refractivity contribution in [2.75, 3.05) is 0 Å². The van der Waals surface area contributed by atoms with Crippen LogP contribution in [0.25, 0.3) is 4.85 Å². The minimum Gasteiger partial charge on any atom is -0.238 e. The van der Waals surface area contributed by atoms with Gasteiger partial charge in [-0.05, 0) is 30.3 Å². The molecule has 0 fully saturated rings. The van der Waals surface area contributed by atoms with Gasteiger partial charge in [-0.3, -0.25) is 0 Å². The summed E-state index contributed by atoms with van der Waals surface area (Å²) in [6.45, 7) is 6.90. The molecule has 0 aliphatic rings. The predicted molar refractivity (Wildman–Crippen MR) is 131 cm³/mol. The molecule has 3 nitrogen and oxygen atoms in total. The van der Waals surface area contributed by atoms with E-state index in [1.54, 1.807) is 12.1 Å². The topological polar surface area (TPSA) is 51.9 Å². The van der Waals surface area contributed by atoms with Crippen molar-refractivity contribution in [1.29, 1.82) is 10.5 Å². The Hall–Kier alpha value is -5.45. The summed E-state index contributed by atoms with van der Waals surface area (Å²) in [5.74, 6) is 7.97. The number of nitrogens with zero attached hydrogens (tertiary/aromatic N) is 3. The van der Waals surface area contributed by atoms with E-state index < -0.39 is 70.7 Å². The highest BCUT2D eigenvalue weighted by Gasteiger charge is 2.37. The molecule has 0 saturated heterocycles. The van der Waals surface area contributed by atoms with Crippen molar-refractivity contribution in [1.82, 2.24) is 0 Å². The van der Waals surface area contributed by atoms with Gasteiger partial charge >= 0.3 is 18.5 Å². The van der Waals surface area contributed by atoms with Crippen LogP contribution in [0.5, 0.6) is 0 Å². The number of hydrogen-bond acceptors (Lipinski definition) is 2. The minimum atomic E-state index is -5.16. The van der Waals surface area contributed by atoms with Crippen LogP contribution in [0.3, 0.4) is 0 Å². The van der Waals surface area contributed by atoms with Gasteiger partial charge in [-0.2, -0.15) is 50.0 Å². The van der Waals surface area contributed by atoms with Gasteiger partial charge in [0.15, 0.2) is 5.69 Å². The van der Waals surface area contributed by atoms with E-state index in [-0.39, 0.29) is 28.3 Å². The number of rotatable bonds is 2. The molecule has 0 aliphatic heterocycles. The van der Waals surface area contributed by atoms with E-state index in [1.807, 2.05) is 0 Å². The van der Waals surface area contributed by atoms with E-state index in [2.05, 4.69) is 28.5 Å². The summed E-state index contributed by atoms with van der Waals surface area (Å²) in [7, 11) is 0. The third kappa shape index (κ3) is 7.64. The first-order chi connectivity index (χ1) is 20.0. The molecule has 43 heavy (non-hydrogen) atoms. The van der Waals surface area contributed by atoms with Gasteiger partial charge in [-0.15, -0.1) is 0 Å². The molecule has 0 atom stereocenters. The monoisotopic (exact) mass is 603 g/mol. The lowest BCUT2D eigenvalue weighted by atomic mass is 9.94. The van der Waals surface area contributed by atoms with Gasteiger partial charge in [0.25, 0.3) is 0 Å². The Kier molecular flexibility index (Phi) is 9.09. The first kappa shape index (κ1) is 32.1. The molecule has 0 N–H and O–H groups in total. The zero-order chi connectivity index (χ0) is 32.2. The second-order valence-electron chi connectivity index (χ2n) is 8.55. The number of benzene rings is 3. The lowest BCUT2D eigenvalue weighted by Gasteiger charge is -2.12. The highest BCUT2D eigenvalue weighted by atomic mass is 19.4. The highest BCUT2D eigenvalue weighted by Crippen LogP contribution is 2.38. The van der Waals surface area contributed by atoms with Crippen LogP contribution in [0.15, 0.2) is 42.5 Å². The lowest BCUT2D eigenvalue weighted by Crippen LogP contribution is -2.11. The maximum absolute atomic E-state index is 15.5. The summed E-state index contributed by atoms with van der Waals surface area (Å²) in [4.78, 5) is 2.80. The summed E-state index contributed by atoms with van der Waals surface area (Å²) in [5.41, 5.74) is -7.69. The average molecular weight is 603 g/mol. The fourth-order valence-corrected chi connectivity index (χ4v) is 3.71. The SMILES string of the molecule is [C-]#[N+]c1ccc(C#Cc2cc(C#Cc3cc(C(F)(F)F)cc(C(F)(F)F)c3)c(CC#N)c(F)c2CC#N)cc1C(F)(F)F. The van der Waals surface area contributed by atoms with Gasteiger partial charge in [0.2, 0.25) is 0 Å². The summed E-state index contributed by atoms with van der Waals surface area (Å²) in [5, 5.41) is 18.3. The fourth-order valence-electron chi connectivity index (χ4n) is 3.71.